The molecule has 0 radical (unpaired) electrons. The predicted molar refractivity (Wildman–Crippen MR) is 99.2 cm³/mol. The minimum absolute atomic E-state index is 0. The van der Waals surface area contributed by atoms with Crippen LogP contribution < -0.4 is 5.32 Å². The van der Waals surface area contributed by atoms with Crippen molar-refractivity contribution in [1.82, 2.24) is 10.2 Å². The molecule has 5 nitrogen and oxygen atoms in total. The van der Waals surface area contributed by atoms with Crippen molar-refractivity contribution in [2.24, 2.45) is 5.92 Å². The lowest BCUT2D eigenvalue weighted by Gasteiger charge is -2.36. The Kier molecular flexibility index (Phi) is 10.0. The Hall–Kier alpha value is -0.590. The van der Waals surface area contributed by atoms with Crippen LogP contribution >= 0.6 is 36.4 Å². The van der Waals surface area contributed by atoms with Gasteiger partial charge in [0.2, 0.25) is 0 Å². The number of nitro benzene ring substituents is 1. The molecule has 0 bridgehead atoms. The molecule has 1 aliphatic heterocycles. The molecule has 1 heterocycles. The number of hydrogen-bond donors (Lipinski definition) is 1. The van der Waals surface area contributed by atoms with Gasteiger partial charge < -0.3 is 5.32 Å². The van der Waals surface area contributed by atoms with E-state index in [0.29, 0.717) is 5.92 Å². The number of halogens is 3. The first kappa shape index (κ1) is 22.4. The molecule has 1 aromatic rings. The van der Waals surface area contributed by atoms with E-state index in [1.165, 1.54) is 0 Å². The Balaban J connectivity index is 0.00000242. The van der Waals surface area contributed by atoms with Gasteiger partial charge in [-0.3, -0.25) is 15.0 Å². The molecule has 0 saturated carbocycles. The Morgan fingerprint density at radius 3 is 2.43 bits per heavy atom. The van der Waals surface area contributed by atoms with Gasteiger partial charge in [0, 0.05) is 38.3 Å². The molecule has 1 N–H and O–H groups in total. The van der Waals surface area contributed by atoms with Gasteiger partial charge in [0.05, 0.1) is 4.92 Å². The molecule has 2 rings (SSSR count). The van der Waals surface area contributed by atoms with E-state index in [1.54, 1.807) is 12.1 Å². The van der Waals surface area contributed by atoms with E-state index in [4.69, 9.17) is 11.6 Å². The number of rotatable bonds is 5. The number of nitro groups is 1. The van der Waals surface area contributed by atoms with E-state index in [2.05, 4.69) is 24.1 Å². The maximum Gasteiger partial charge on any atom is 0.288 e. The third kappa shape index (κ3) is 6.08. The molecule has 132 valence electrons. The fraction of sp³-hybridized carbons (Fsp3) is 0.600. The van der Waals surface area contributed by atoms with Gasteiger partial charge in [-0.25, -0.2) is 0 Å². The van der Waals surface area contributed by atoms with Crippen LogP contribution in [0.15, 0.2) is 18.2 Å². The maximum absolute atomic E-state index is 11.1. The highest BCUT2D eigenvalue weighted by Crippen LogP contribution is 2.33. The van der Waals surface area contributed by atoms with E-state index in [-0.39, 0.29) is 41.6 Å². The smallest absolute Gasteiger partial charge is 0.288 e. The highest BCUT2D eigenvalue weighted by molar-refractivity contribution is 6.32. The normalized spacial score (nSPS) is 16.3. The average Bonchev–Trinajstić information content (AvgIpc) is 2.46. The average molecular weight is 385 g/mol. The zero-order valence-electron chi connectivity index (χ0n) is 13.3. The van der Waals surface area contributed by atoms with E-state index >= 15 is 0 Å². The molecule has 1 aromatic carbocycles. The van der Waals surface area contributed by atoms with Crippen LogP contribution in [0, 0.1) is 16.0 Å². The van der Waals surface area contributed by atoms with Crippen LogP contribution in [0.25, 0.3) is 0 Å². The van der Waals surface area contributed by atoms with Gasteiger partial charge >= 0.3 is 0 Å². The first-order valence-electron chi connectivity index (χ1n) is 7.37. The minimum Gasteiger partial charge on any atom is -0.314 e. The lowest BCUT2D eigenvalue weighted by molar-refractivity contribution is -0.384. The molecule has 1 atom stereocenters. The zero-order valence-corrected chi connectivity index (χ0v) is 15.7. The molecule has 0 spiro atoms. The van der Waals surface area contributed by atoms with E-state index in [0.717, 1.165) is 38.2 Å². The summed E-state index contributed by atoms with van der Waals surface area (Å²) in [4.78, 5) is 13.1. The number of nitrogens with one attached hydrogen (secondary N) is 1. The van der Waals surface area contributed by atoms with Crippen LogP contribution in [0.4, 0.5) is 5.69 Å². The molecule has 1 aliphatic rings. The molecular formula is C15H24Cl3N3O2. The van der Waals surface area contributed by atoms with Crippen molar-refractivity contribution < 1.29 is 4.92 Å². The second-order valence-electron chi connectivity index (χ2n) is 5.90. The van der Waals surface area contributed by atoms with Gasteiger partial charge in [0.1, 0.15) is 5.02 Å². The summed E-state index contributed by atoms with van der Waals surface area (Å²) in [6, 6.07) is 5.41. The van der Waals surface area contributed by atoms with Gasteiger partial charge in [-0.1, -0.05) is 31.5 Å². The second-order valence-corrected chi connectivity index (χ2v) is 6.31. The van der Waals surface area contributed by atoms with E-state index in [1.807, 2.05) is 6.07 Å². The van der Waals surface area contributed by atoms with Gasteiger partial charge in [-0.05, 0) is 24.0 Å². The lowest BCUT2D eigenvalue weighted by atomic mass is 9.94. The van der Waals surface area contributed by atoms with Crippen molar-refractivity contribution in [1.29, 1.82) is 0 Å². The van der Waals surface area contributed by atoms with Crippen molar-refractivity contribution in [3.8, 4) is 0 Å². The third-order valence-electron chi connectivity index (χ3n) is 3.84. The lowest BCUT2D eigenvalue weighted by Crippen LogP contribution is -2.45. The Morgan fingerprint density at radius 2 is 1.91 bits per heavy atom. The Morgan fingerprint density at radius 1 is 1.30 bits per heavy atom. The quantitative estimate of drug-likeness (QED) is 0.614. The van der Waals surface area contributed by atoms with Gasteiger partial charge in [0.15, 0.2) is 0 Å². The number of piperazine rings is 1. The predicted octanol–water partition coefficient (Wildman–Crippen LogP) is 4.08. The molecule has 0 aliphatic carbocycles. The van der Waals surface area contributed by atoms with Crippen molar-refractivity contribution in [3.05, 3.63) is 38.9 Å². The fourth-order valence-corrected chi connectivity index (χ4v) is 3.00. The van der Waals surface area contributed by atoms with E-state index < -0.39 is 4.92 Å². The largest absolute Gasteiger partial charge is 0.314 e. The maximum atomic E-state index is 11.1. The summed E-state index contributed by atoms with van der Waals surface area (Å²) in [5.74, 6) is 0.527. The minimum atomic E-state index is -0.407. The first-order chi connectivity index (χ1) is 9.99. The number of nitrogens with zero attached hydrogens (tertiary/aromatic N) is 2. The highest BCUT2D eigenvalue weighted by atomic mass is 35.5. The molecule has 0 unspecified atom stereocenters. The molecule has 0 aromatic heterocycles. The summed E-state index contributed by atoms with van der Waals surface area (Å²) in [7, 11) is 0. The fourth-order valence-electron chi connectivity index (χ4n) is 2.81. The summed E-state index contributed by atoms with van der Waals surface area (Å²) >= 11 is 5.92. The van der Waals surface area contributed by atoms with Crippen LogP contribution in [0.5, 0.6) is 0 Å². The SMILES string of the molecule is CC(C)C[C@@H](c1ccc(Cl)c([N+](=O)[O-])c1)N1CCNCC1.Cl.Cl. The molecule has 23 heavy (non-hydrogen) atoms. The van der Waals surface area contributed by atoms with Gasteiger partial charge in [-0.2, -0.15) is 0 Å². The first-order valence-corrected chi connectivity index (χ1v) is 7.75. The monoisotopic (exact) mass is 383 g/mol. The summed E-state index contributed by atoms with van der Waals surface area (Å²) in [6.07, 6.45) is 0.985. The topological polar surface area (TPSA) is 58.4 Å². The summed E-state index contributed by atoms with van der Waals surface area (Å²) in [5, 5.41) is 14.6. The summed E-state index contributed by atoms with van der Waals surface area (Å²) in [6.45, 7) is 8.22. The Bertz CT molecular complexity index is 509. The molecular weight excluding hydrogens is 361 g/mol. The zero-order chi connectivity index (χ0) is 15.4. The molecule has 1 fully saturated rings. The van der Waals surface area contributed by atoms with Crippen molar-refractivity contribution >= 4 is 42.1 Å². The standard InChI is InChI=1S/C15H22ClN3O2.2ClH/c1-11(2)9-14(18-7-5-17-6-8-18)12-3-4-13(16)15(10-12)19(20)21;;/h3-4,10-11,14,17H,5-9H2,1-2H3;2*1H/t14-;;/m0../s1. The third-order valence-corrected chi connectivity index (χ3v) is 4.16. The van der Waals surface area contributed by atoms with Crippen LogP contribution in [0.1, 0.15) is 31.9 Å². The van der Waals surface area contributed by atoms with Crippen molar-refractivity contribution in [3.63, 3.8) is 0 Å². The van der Waals surface area contributed by atoms with Crippen molar-refractivity contribution in [2.75, 3.05) is 26.2 Å². The van der Waals surface area contributed by atoms with Crippen LogP contribution in [0.3, 0.4) is 0 Å². The molecule has 1 saturated heterocycles. The Labute approximate surface area is 154 Å². The number of benzene rings is 1. The summed E-state index contributed by atoms with van der Waals surface area (Å²) < 4.78 is 0. The van der Waals surface area contributed by atoms with E-state index in [9.17, 15) is 10.1 Å². The highest BCUT2D eigenvalue weighted by Gasteiger charge is 2.25. The van der Waals surface area contributed by atoms with Crippen LogP contribution in [-0.2, 0) is 0 Å². The van der Waals surface area contributed by atoms with Gasteiger partial charge in [0.25, 0.3) is 5.69 Å². The molecule has 0 amide bonds. The summed E-state index contributed by atoms with van der Waals surface area (Å²) in [5.41, 5.74) is 0.986. The van der Waals surface area contributed by atoms with Crippen LogP contribution in [0.2, 0.25) is 5.02 Å². The molecule has 8 heteroatoms. The van der Waals surface area contributed by atoms with Crippen molar-refractivity contribution in [2.45, 2.75) is 26.3 Å². The second kappa shape index (κ2) is 10.3. The van der Waals surface area contributed by atoms with Gasteiger partial charge in [-0.15, -0.1) is 24.8 Å². The number of hydrogen-bond acceptors (Lipinski definition) is 4. The van der Waals surface area contributed by atoms with Crippen LogP contribution in [-0.4, -0.2) is 36.0 Å².